The second kappa shape index (κ2) is 3.13. The zero-order valence-electron chi connectivity index (χ0n) is 6.58. The van der Waals surface area contributed by atoms with E-state index in [0.29, 0.717) is 5.82 Å². The second-order valence-corrected chi connectivity index (χ2v) is 3.01. The number of thiocarbonyl (C=S) groups is 1. The molecule has 1 aromatic heterocycles. The van der Waals surface area contributed by atoms with Gasteiger partial charge in [0.2, 0.25) is 0 Å². The van der Waals surface area contributed by atoms with Crippen LogP contribution in [0.3, 0.4) is 0 Å². The number of pyridine rings is 1. The lowest BCUT2D eigenvalue weighted by atomic mass is 10.2. The van der Waals surface area contributed by atoms with E-state index in [0.717, 1.165) is 12.8 Å². The van der Waals surface area contributed by atoms with Crippen molar-refractivity contribution < 1.29 is 0 Å². The number of fused-ring (bicyclic) bond motifs is 1. The van der Waals surface area contributed by atoms with Gasteiger partial charge in [0.05, 0.1) is 5.16 Å². The van der Waals surface area contributed by atoms with Gasteiger partial charge < -0.3 is 0 Å². The summed E-state index contributed by atoms with van der Waals surface area (Å²) in [7, 11) is 0. The van der Waals surface area contributed by atoms with E-state index >= 15 is 0 Å². The molecule has 60 valence electrons. The summed E-state index contributed by atoms with van der Waals surface area (Å²) >= 11 is 4.51. The zero-order chi connectivity index (χ0) is 8.39. The van der Waals surface area contributed by atoms with Gasteiger partial charge in [-0.25, -0.2) is 4.98 Å². The average molecular weight is 176 g/mol. The van der Waals surface area contributed by atoms with Crippen LogP contribution in [-0.4, -0.2) is 10.1 Å². The van der Waals surface area contributed by atoms with Gasteiger partial charge in [0.25, 0.3) is 0 Å². The Morgan fingerprint density at radius 1 is 1.42 bits per heavy atom. The number of isothiocyanates is 1. The zero-order valence-corrected chi connectivity index (χ0v) is 7.40. The molecule has 0 saturated heterocycles. The Balaban J connectivity index is 2.45. The Bertz CT molecular complexity index is 354. The van der Waals surface area contributed by atoms with Crippen molar-refractivity contribution in [3.63, 3.8) is 0 Å². The van der Waals surface area contributed by atoms with E-state index in [1.165, 1.54) is 17.7 Å². The molecule has 0 N–H and O–H groups in total. The number of nitrogens with zero attached hydrogens (tertiary/aromatic N) is 2. The summed E-state index contributed by atoms with van der Waals surface area (Å²) in [5, 5.41) is 2.32. The average Bonchev–Trinajstić information content (AvgIpc) is 2.51. The third-order valence-corrected chi connectivity index (χ3v) is 2.16. The van der Waals surface area contributed by atoms with E-state index in [-0.39, 0.29) is 0 Å². The Morgan fingerprint density at radius 3 is 3.17 bits per heavy atom. The number of hydrogen-bond acceptors (Lipinski definition) is 3. The maximum Gasteiger partial charge on any atom is 0.162 e. The number of rotatable bonds is 1. The summed E-state index contributed by atoms with van der Waals surface area (Å²) in [6, 6.07) is 3.98. The topological polar surface area (TPSA) is 25.2 Å². The molecule has 1 aliphatic rings. The fraction of sp³-hybridized carbons (Fsp3) is 0.333. The van der Waals surface area contributed by atoms with Crippen molar-refractivity contribution in [3.8, 4) is 0 Å². The van der Waals surface area contributed by atoms with Crippen LogP contribution in [0.5, 0.6) is 0 Å². The van der Waals surface area contributed by atoms with Gasteiger partial charge in [0, 0.05) is 5.69 Å². The van der Waals surface area contributed by atoms with Crippen LogP contribution in [0, 0.1) is 0 Å². The SMILES string of the molecule is S=C=Nc1ccc2c(n1)CCC2. The van der Waals surface area contributed by atoms with Crippen molar-refractivity contribution in [1.29, 1.82) is 0 Å². The fourth-order valence-corrected chi connectivity index (χ4v) is 1.61. The van der Waals surface area contributed by atoms with Crippen molar-refractivity contribution in [2.75, 3.05) is 0 Å². The second-order valence-electron chi connectivity index (χ2n) is 2.83. The molecule has 3 heteroatoms. The van der Waals surface area contributed by atoms with Gasteiger partial charge in [-0.3, -0.25) is 0 Å². The number of aliphatic imine (C=N–C) groups is 1. The van der Waals surface area contributed by atoms with Crippen LogP contribution in [0.4, 0.5) is 5.82 Å². The molecule has 0 amide bonds. The molecule has 0 aliphatic heterocycles. The Labute approximate surface area is 76.4 Å². The minimum absolute atomic E-state index is 0.686. The van der Waals surface area contributed by atoms with Crippen molar-refractivity contribution in [3.05, 3.63) is 23.4 Å². The van der Waals surface area contributed by atoms with Crippen LogP contribution in [-0.2, 0) is 12.8 Å². The van der Waals surface area contributed by atoms with Crippen molar-refractivity contribution >= 4 is 23.2 Å². The lowest BCUT2D eigenvalue weighted by molar-refractivity contribution is 0.899. The molecule has 1 heterocycles. The predicted octanol–water partition coefficient (Wildman–Crippen LogP) is 2.30. The summed E-state index contributed by atoms with van der Waals surface area (Å²) in [4.78, 5) is 8.19. The molecule has 1 aliphatic carbocycles. The molecular weight excluding hydrogens is 168 g/mol. The molecule has 0 aromatic carbocycles. The third kappa shape index (κ3) is 1.29. The summed E-state index contributed by atoms with van der Waals surface area (Å²) in [6.07, 6.45) is 3.45. The highest BCUT2D eigenvalue weighted by Crippen LogP contribution is 2.22. The van der Waals surface area contributed by atoms with E-state index in [4.69, 9.17) is 0 Å². The van der Waals surface area contributed by atoms with Crippen LogP contribution >= 0.6 is 12.2 Å². The first kappa shape index (κ1) is 7.59. The first-order valence-electron chi connectivity index (χ1n) is 3.97. The van der Waals surface area contributed by atoms with Gasteiger partial charge in [0.1, 0.15) is 0 Å². The van der Waals surface area contributed by atoms with Crippen LogP contribution < -0.4 is 0 Å². The summed E-state index contributed by atoms with van der Waals surface area (Å²) in [5.41, 5.74) is 2.54. The van der Waals surface area contributed by atoms with Crippen LogP contribution in [0.15, 0.2) is 17.1 Å². The van der Waals surface area contributed by atoms with E-state index in [9.17, 15) is 0 Å². The molecule has 0 atom stereocenters. The van der Waals surface area contributed by atoms with Crippen LogP contribution in [0.25, 0.3) is 0 Å². The Morgan fingerprint density at radius 2 is 2.33 bits per heavy atom. The van der Waals surface area contributed by atoms with E-state index in [2.05, 4.69) is 33.4 Å². The van der Waals surface area contributed by atoms with Crippen LogP contribution in [0.1, 0.15) is 17.7 Å². The van der Waals surface area contributed by atoms with Crippen LogP contribution in [0.2, 0.25) is 0 Å². The van der Waals surface area contributed by atoms with E-state index in [1.54, 1.807) is 0 Å². The van der Waals surface area contributed by atoms with Crippen molar-refractivity contribution in [2.45, 2.75) is 19.3 Å². The van der Waals surface area contributed by atoms with E-state index in [1.807, 2.05) is 6.07 Å². The number of aromatic nitrogens is 1. The lowest BCUT2D eigenvalue weighted by Crippen LogP contribution is -1.86. The maximum atomic E-state index is 4.51. The molecule has 0 bridgehead atoms. The largest absolute Gasteiger partial charge is 0.233 e. The summed E-state index contributed by atoms with van der Waals surface area (Å²) in [5.74, 6) is 0.686. The monoisotopic (exact) mass is 176 g/mol. The highest BCUT2D eigenvalue weighted by molar-refractivity contribution is 7.78. The molecule has 2 nitrogen and oxygen atoms in total. The highest BCUT2D eigenvalue weighted by atomic mass is 32.1. The molecule has 0 unspecified atom stereocenters. The quantitative estimate of drug-likeness (QED) is 0.484. The molecule has 2 rings (SSSR count). The molecule has 0 radical (unpaired) electrons. The van der Waals surface area contributed by atoms with Gasteiger partial charge in [-0.2, -0.15) is 4.99 Å². The molecular formula is C9H8N2S. The molecule has 12 heavy (non-hydrogen) atoms. The normalized spacial score (nSPS) is 13.7. The summed E-state index contributed by atoms with van der Waals surface area (Å²) in [6.45, 7) is 0. The lowest BCUT2D eigenvalue weighted by Gasteiger charge is -1.96. The Hall–Kier alpha value is -1.05. The first-order chi connectivity index (χ1) is 5.90. The highest BCUT2D eigenvalue weighted by Gasteiger charge is 2.11. The fourth-order valence-electron chi connectivity index (χ4n) is 1.52. The van der Waals surface area contributed by atoms with Crippen molar-refractivity contribution in [2.24, 2.45) is 4.99 Å². The van der Waals surface area contributed by atoms with Gasteiger partial charge in [-0.15, -0.1) is 0 Å². The molecule has 1 aromatic rings. The number of hydrogen-bond donors (Lipinski definition) is 0. The maximum absolute atomic E-state index is 4.51. The minimum Gasteiger partial charge on any atom is -0.233 e. The molecule has 0 saturated carbocycles. The smallest absolute Gasteiger partial charge is 0.162 e. The number of aryl methyl sites for hydroxylation is 2. The minimum atomic E-state index is 0.686. The van der Waals surface area contributed by atoms with Crippen molar-refractivity contribution in [1.82, 2.24) is 4.98 Å². The van der Waals surface area contributed by atoms with Gasteiger partial charge in [-0.05, 0) is 43.1 Å². The molecule has 0 spiro atoms. The Kier molecular flexibility index (Phi) is 1.98. The standard InChI is InChI=1S/C9H8N2S/c12-6-10-9-5-4-7-2-1-3-8(7)11-9/h4-5H,1-3H2. The van der Waals surface area contributed by atoms with E-state index < -0.39 is 0 Å². The third-order valence-electron chi connectivity index (χ3n) is 2.07. The van der Waals surface area contributed by atoms with Gasteiger partial charge in [-0.1, -0.05) is 6.07 Å². The predicted molar refractivity (Wildman–Crippen MR) is 50.9 cm³/mol. The van der Waals surface area contributed by atoms with Gasteiger partial charge >= 0.3 is 0 Å². The molecule has 0 fully saturated rings. The summed E-state index contributed by atoms with van der Waals surface area (Å²) < 4.78 is 0. The first-order valence-corrected chi connectivity index (χ1v) is 4.37. The van der Waals surface area contributed by atoms with Gasteiger partial charge in [0.15, 0.2) is 5.82 Å².